The Balaban J connectivity index is 1.28. The Hall–Kier alpha value is -2.37. The van der Waals surface area contributed by atoms with Crippen molar-refractivity contribution in [2.45, 2.75) is 96.9 Å². The summed E-state index contributed by atoms with van der Waals surface area (Å²) in [6, 6.07) is 0. The minimum absolute atomic E-state index is 0.0612. The topological polar surface area (TPSA) is 78.9 Å². The number of ketones is 1. The van der Waals surface area contributed by atoms with Gasteiger partial charge in [-0.2, -0.15) is 0 Å². The Morgan fingerprint density at radius 3 is 2.37 bits per heavy atom. The zero-order chi connectivity index (χ0) is 26.9. The quantitative estimate of drug-likeness (QED) is 0.240. The van der Waals surface area contributed by atoms with Crippen LogP contribution < -0.4 is 0 Å². The van der Waals surface area contributed by atoms with Gasteiger partial charge in [0.2, 0.25) is 0 Å². The minimum Gasteiger partial charge on any atom is -0.483 e. The summed E-state index contributed by atoms with van der Waals surface area (Å²) >= 11 is 0. The summed E-state index contributed by atoms with van der Waals surface area (Å²) in [5.74, 6) is 0.869. The van der Waals surface area contributed by atoms with Crippen molar-refractivity contribution in [2.75, 3.05) is 0 Å². The van der Waals surface area contributed by atoms with Gasteiger partial charge in [-0.05, 0) is 75.2 Å². The van der Waals surface area contributed by atoms with Gasteiger partial charge >= 0.3 is 11.9 Å². The van der Waals surface area contributed by atoms with Crippen molar-refractivity contribution in [1.29, 1.82) is 0 Å². The number of Topliss-reactive ketones (excluding diaryl/α,β-unsaturated/α-hetero) is 1. The molecule has 38 heavy (non-hydrogen) atoms. The highest BCUT2D eigenvalue weighted by Gasteiger charge is 2.69. The molecule has 6 nitrogen and oxygen atoms in total. The average Bonchev–Trinajstić information content (AvgIpc) is 3.46. The molecule has 0 unspecified atom stereocenters. The van der Waals surface area contributed by atoms with Crippen LogP contribution in [-0.4, -0.2) is 35.5 Å². The van der Waals surface area contributed by atoms with Gasteiger partial charge in [0.15, 0.2) is 11.4 Å². The molecule has 7 rings (SSSR count). The van der Waals surface area contributed by atoms with E-state index in [2.05, 4.69) is 27.0 Å². The fourth-order valence-corrected chi connectivity index (χ4v) is 9.72. The number of rotatable bonds is 0. The molecule has 6 heteroatoms. The second kappa shape index (κ2) is 7.63. The lowest BCUT2D eigenvalue weighted by molar-refractivity contribution is -0.160. The third-order valence-corrected chi connectivity index (χ3v) is 12.1. The molecule has 204 valence electrons. The standard InChI is InChI=1S/C32H40O6/c1-15-7-8-20-27(37-29(35)31(20,5)6)24-18-10-12-32(38-22(18)13-19(15)24)23(33)14-21-25(32)26-17(9-11-30(21,3)4)16(2)28(34)36-26/h17,19-21,24-27H,1-2,7-14H2,3-6H3/t17-,19-,20+,21+,24-,25-,26-,27-,32+/m0/s1. The average molecular weight is 521 g/mol. The van der Waals surface area contributed by atoms with Crippen molar-refractivity contribution in [3.05, 3.63) is 35.6 Å². The van der Waals surface area contributed by atoms with Gasteiger partial charge in [0.25, 0.3) is 0 Å². The minimum atomic E-state index is -0.977. The molecule has 5 fully saturated rings. The molecule has 2 saturated heterocycles. The number of esters is 2. The van der Waals surface area contributed by atoms with E-state index < -0.39 is 11.0 Å². The van der Waals surface area contributed by atoms with E-state index in [1.54, 1.807) is 0 Å². The monoisotopic (exact) mass is 520 g/mol. The molecule has 4 aliphatic carbocycles. The van der Waals surface area contributed by atoms with E-state index in [0.29, 0.717) is 24.8 Å². The molecule has 0 amide bonds. The molecule has 3 saturated carbocycles. The summed E-state index contributed by atoms with van der Waals surface area (Å²) in [5.41, 5.74) is 1.42. The number of allylic oxidation sites excluding steroid dienone is 2. The van der Waals surface area contributed by atoms with Gasteiger partial charge in [-0.15, -0.1) is 0 Å². The third-order valence-electron chi connectivity index (χ3n) is 12.1. The number of fused-ring (bicyclic) bond motifs is 8. The second-order valence-corrected chi connectivity index (χ2v) is 14.5. The Kier molecular flexibility index (Phi) is 4.95. The van der Waals surface area contributed by atoms with Crippen LogP contribution in [0.4, 0.5) is 0 Å². The van der Waals surface area contributed by atoms with Crippen molar-refractivity contribution >= 4 is 17.7 Å². The highest BCUT2D eigenvalue weighted by Crippen LogP contribution is 2.64. The molecule has 1 spiro atoms. The van der Waals surface area contributed by atoms with E-state index in [1.165, 1.54) is 11.1 Å². The van der Waals surface area contributed by atoms with Crippen LogP contribution in [0.15, 0.2) is 35.6 Å². The van der Waals surface area contributed by atoms with Crippen LogP contribution in [0.25, 0.3) is 0 Å². The molecule has 0 bridgehead atoms. The highest BCUT2D eigenvalue weighted by molar-refractivity contribution is 5.93. The summed E-state index contributed by atoms with van der Waals surface area (Å²) < 4.78 is 19.1. The summed E-state index contributed by atoms with van der Waals surface area (Å²) in [5, 5.41) is 0. The molecule has 0 aromatic heterocycles. The highest BCUT2D eigenvalue weighted by atomic mass is 16.6. The first kappa shape index (κ1) is 24.7. The Morgan fingerprint density at radius 2 is 1.61 bits per heavy atom. The first-order valence-electron chi connectivity index (χ1n) is 14.6. The zero-order valence-corrected chi connectivity index (χ0v) is 23.1. The third kappa shape index (κ3) is 2.98. The maximum absolute atomic E-state index is 14.0. The van der Waals surface area contributed by atoms with Crippen LogP contribution in [0, 0.1) is 46.3 Å². The second-order valence-electron chi connectivity index (χ2n) is 14.5. The smallest absolute Gasteiger partial charge is 0.334 e. The van der Waals surface area contributed by atoms with Gasteiger partial charge in [0, 0.05) is 42.1 Å². The summed E-state index contributed by atoms with van der Waals surface area (Å²) in [6.45, 7) is 17.1. The van der Waals surface area contributed by atoms with E-state index in [4.69, 9.17) is 14.2 Å². The van der Waals surface area contributed by atoms with Crippen LogP contribution in [-0.2, 0) is 28.6 Å². The van der Waals surface area contributed by atoms with Crippen molar-refractivity contribution in [3.63, 3.8) is 0 Å². The van der Waals surface area contributed by atoms with Crippen LogP contribution >= 0.6 is 0 Å². The molecule has 3 aliphatic heterocycles. The van der Waals surface area contributed by atoms with Gasteiger partial charge in [-0.3, -0.25) is 9.59 Å². The normalized spacial score (nSPS) is 46.4. The van der Waals surface area contributed by atoms with Crippen molar-refractivity contribution in [3.8, 4) is 0 Å². The first-order chi connectivity index (χ1) is 17.9. The maximum atomic E-state index is 14.0. The number of carbonyl (C=O) groups is 3. The predicted molar refractivity (Wildman–Crippen MR) is 139 cm³/mol. The fourth-order valence-electron chi connectivity index (χ4n) is 9.72. The van der Waals surface area contributed by atoms with E-state index in [-0.39, 0.29) is 70.9 Å². The SMILES string of the molecule is C=C1C(=O)O[C@@H]2[C@@H]3[C@@H](CC(=O)[C@]34CCC3=C(C[C@H]5C(=C)CC[C@@H]6[C@H](OC(=O)C6(C)C)[C@@H]35)O4)C(C)(C)CC[C@@H]12. The summed E-state index contributed by atoms with van der Waals surface area (Å²) in [4.78, 5) is 39.5. The summed E-state index contributed by atoms with van der Waals surface area (Å²) in [7, 11) is 0. The molecular formula is C32H40O6. The van der Waals surface area contributed by atoms with E-state index >= 15 is 0 Å². The van der Waals surface area contributed by atoms with Crippen molar-refractivity contribution in [2.24, 2.45) is 46.3 Å². The molecule has 0 aromatic carbocycles. The lowest BCUT2D eigenvalue weighted by Gasteiger charge is -2.44. The molecule has 0 radical (unpaired) electrons. The van der Waals surface area contributed by atoms with Crippen LogP contribution in [0.2, 0.25) is 0 Å². The molecule has 9 atom stereocenters. The van der Waals surface area contributed by atoms with Crippen LogP contribution in [0.1, 0.15) is 79.1 Å². The molecule has 3 heterocycles. The number of hydrogen-bond donors (Lipinski definition) is 0. The van der Waals surface area contributed by atoms with Crippen LogP contribution in [0.5, 0.6) is 0 Å². The maximum Gasteiger partial charge on any atom is 0.334 e. The van der Waals surface area contributed by atoms with Gasteiger partial charge < -0.3 is 14.2 Å². The van der Waals surface area contributed by atoms with E-state index in [9.17, 15) is 14.4 Å². The number of carbonyl (C=O) groups excluding carboxylic acids is 3. The lowest BCUT2D eigenvalue weighted by Crippen LogP contribution is -2.52. The first-order valence-corrected chi connectivity index (χ1v) is 14.6. The fraction of sp³-hybridized carbons (Fsp3) is 0.719. The van der Waals surface area contributed by atoms with Crippen LogP contribution in [0.3, 0.4) is 0 Å². The van der Waals surface area contributed by atoms with Gasteiger partial charge in [-0.25, -0.2) is 4.79 Å². The van der Waals surface area contributed by atoms with E-state index in [1.807, 2.05) is 13.8 Å². The molecule has 7 aliphatic rings. The largest absolute Gasteiger partial charge is 0.483 e. The van der Waals surface area contributed by atoms with Crippen molar-refractivity contribution in [1.82, 2.24) is 0 Å². The Labute approximate surface area is 225 Å². The van der Waals surface area contributed by atoms with Gasteiger partial charge in [0.05, 0.1) is 11.2 Å². The lowest BCUT2D eigenvalue weighted by atomic mass is 9.67. The predicted octanol–water partition coefficient (Wildman–Crippen LogP) is 5.47. The Morgan fingerprint density at radius 1 is 0.842 bits per heavy atom. The molecule has 0 N–H and O–H groups in total. The summed E-state index contributed by atoms with van der Waals surface area (Å²) in [6.07, 6.45) is 5.54. The number of ether oxygens (including phenoxy) is 3. The molecule has 0 aromatic rings. The van der Waals surface area contributed by atoms with Gasteiger partial charge in [0.1, 0.15) is 12.2 Å². The molecular weight excluding hydrogens is 480 g/mol. The van der Waals surface area contributed by atoms with Gasteiger partial charge in [-0.1, -0.05) is 32.6 Å². The number of hydrogen-bond acceptors (Lipinski definition) is 6. The Bertz CT molecular complexity index is 1220. The van der Waals surface area contributed by atoms with E-state index in [0.717, 1.165) is 37.9 Å². The van der Waals surface area contributed by atoms with Crippen molar-refractivity contribution < 1.29 is 28.6 Å². The zero-order valence-electron chi connectivity index (χ0n) is 23.1.